The molecule has 1 aliphatic heterocycles. The van der Waals surface area contributed by atoms with E-state index in [0.717, 1.165) is 36.7 Å². The van der Waals surface area contributed by atoms with Crippen molar-refractivity contribution in [2.24, 2.45) is 4.99 Å². The predicted molar refractivity (Wildman–Crippen MR) is 115 cm³/mol. The van der Waals surface area contributed by atoms with Crippen LogP contribution in [0.4, 0.5) is 4.39 Å². The van der Waals surface area contributed by atoms with Crippen molar-refractivity contribution >= 4 is 5.96 Å². The highest BCUT2D eigenvalue weighted by atomic mass is 19.1. The van der Waals surface area contributed by atoms with E-state index in [9.17, 15) is 4.39 Å². The number of pyridine rings is 1. The average Bonchev–Trinajstić information content (AvgIpc) is 2.79. The fourth-order valence-corrected chi connectivity index (χ4v) is 3.40. The number of morpholine rings is 1. The second-order valence-corrected chi connectivity index (χ2v) is 7.00. The number of hydrogen-bond acceptors (Lipinski definition) is 5. The molecule has 162 valence electrons. The number of guanidine groups is 1. The molecule has 0 radical (unpaired) electrons. The summed E-state index contributed by atoms with van der Waals surface area (Å²) >= 11 is 0. The molecule has 0 saturated carbocycles. The number of methoxy groups -OCH3 is 1. The summed E-state index contributed by atoms with van der Waals surface area (Å²) in [5, 5.41) is 6.73. The lowest BCUT2D eigenvalue weighted by Crippen LogP contribution is -2.46. The summed E-state index contributed by atoms with van der Waals surface area (Å²) < 4.78 is 24.1. The van der Waals surface area contributed by atoms with Crippen LogP contribution in [-0.2, 0) is 11.3 Å². The summed E-state index contributed by atoms with van der Waals surface area (Å²) in [6.07, 6.45) is 1.72. The third-order valence-corrected chi connectivity index (χ3v) is 4.98. The van der Waals surface area contributed by atoms with E-state index in [1.807, 2.05) is 31.2 Å². The fraction of sp³-hybridized carbons (Fsp3) is 0.455. The number of aliphatic imine (C=N–C) groups is 1. The Balaban J connectivity index is 1.70. The van der Waals surface area contributed by atoms with Gasteiger partial charge in [-0.25, -0.2) is 14.4 Å². The maximum atomic E-state index is 13.4. The molecule has 7 nitrogen and oxygen atoms in total. The van der Waals surface area contributed by atoms with Crippen LogP contribution in [0.3, 0.4) is 0 Å². The number of hydrogen-bond donors (Lipinski definition) is 2. The van der Waals surface area contributed by atoms with Crippen LogP contribution < -0.4 is 15.4 Å². The summed E-state index contributed by atoms with van der Waals surface area (Å²) in [7, 11) is 1.60. The lowest BCUT2D eigenvalue weighted by Gasteiger charge is -2.35. The molecule has 2 N–H and O–H groups in total. The van der Waals surface area contributed by atoms with E-state index in [1.54, 1.807) is 13.3 Å². The molecule has 1 aromatic carbocycles. The molecule has 1 atom stereocenters. The Labute approximate surface area is 177 Å². The first kappa shape index (κ1) is 22.0. The first-order chi connectivity index (χ1) is 14.7. The fourth-order valence-electron chi connectivity index (χ4n) is 3.40. The van der Waals surface area contributed by atoms with Crippen LogP contribution in [0.1, 0.15) is 24.1 Å². The van der Waals surface area contributed by atoms with Crippen LogP contribution in [0.5, 0.6) is 5.88 Å². The van der Waals surface area contributed by atoms with Gasteiger partial charge in [0.1, 0.15) is 5.82 Å². The van der Waals surface area contributed by atoms with Gasteiger partial charge in [0, 0.05) is 38.4 Å². The first-order valence-corrected chi connectivity index (χ1v) is 10.3. The zero-order chi connectivity index (χ0) is 21.2. The summed E-state index contributed by atoms with van der Waals surface area (Å²) in [5.74, 6) is 1.08. The summed E-state index contributed by atoms with van der Waals surface area (Å²) in [4.78, 5) is 11.2. The van der Waals surface area contributed by atoms with Crippen LogP contribution in [0, 0.1) is 5.82 Å². The summed E-state index contributed by atoms with van der Waals surface area (Å²) in [6, 6.07) is 10.6. The van der Waals surface area contributed by atoms with E-state index in [0.29, 0.717) is 32.2 Å². The predicted octanol–water partition coefficient (Wildman–Crippen LogP) is 2.36. The van der Waals surface area contributed by atoms with E-state index < -0.39 is 0 Å². The largest absolute Gasteiger partial charge is 0.481 e. The molecule has 8 heteroatoms. The van der Waals surface area contributed by atoms with Gasteiger partial charge in [-0.05, 0) is 36.2 Å². The minimum Gasteiger partial charge on any atom is -0.481 e. The second kappa shape index (κ2) is 11.5. The molecule has 0 spiro atoms. The smallest absolute Gasteiger partial charge is 0.213 e. The number of ether oxygens (including phenoxy) is 2. The van der Waals surface area contributed by atoms with Crippen molar-refractivity contribution in [1.82, 2.24) is 20.5 Å². The number of nitrogens with zero attached hydrogens (tertiary/aromatic N) is 3. The van der Waals surface area contributed by atoms with Gasteiger partial charge in [0.2, 0.25) is 5.88 Å². The molecule has 0 amide bonds. The lowest BCUT2D eigenvalue weighted by atomic mass is 10.0. The molecular weight excluding hydrogens is 385 g/mol. The Morgan fingerprint density at radius 2 is 2.00 bits per heavy atom. The van der Waals surface area contributed by atoms with Crippen molar-refractivity contribution in [3.05, 3.63) is 59.5 Å². The van der Waals surface area contributed by atoms with Gasteiger partial charge in [0.25, 0.3) is 0 Å². The highest BCUT2D eigenvalue weighted by Gasteiger charge is 2.23. The summed E-state index contributed by atoms with van der Waals surface area (Å²) in [6.45, 7) is 7.04. The monoisotopic (exact) mass is 415 g/mol. The van der Waals surface area contributed by atoms with E-state index in [2.05, 4.69) is 20.5 Å². The standard InChI is InChI=1S/C22H30FN5O2/c1-3-24-22(26-15-17-8-9-25-21(14-17)29-2)27-16-20(28-10-12-30-13-11-28)18-4-6-19(23)7-5-18/h4-9,14,20H,3,10-13,15-16H2,1-2H3,(H2,24,26,27). The minimum atomic E-state index is -0.227. The van der Waals surface area contributed by atoms with Crippen molar-refractivity contribution in [3.8, 4) is 5.88 Å². The van der Waals surface area contributed by atoms with Crippen LogP contribution in [-0.4, -0.2) is 62.3 Å². The quantitative estimate of drug-likeness (QED) is 0.510. The molecule has 1 fully saturated rings. The second-order valence-electron chi connectivity index (χ2n) is 7.00. The van der Waals surface area contributed by atoms with Gasteiger partial charge in [-0.3, -0.25) is 4.90 Å². The number of halogens is 1. The lowest BCUT2D eigenvalue weighted by molar-refractivity contribution is 0.0170. The van der Waals surface area contributed by atoms with Gasteiger partial charge in [0.15, 0.2) is 5.96 Å². The van der Waals surface area contributed by atoms with Crippen LogP contribution in [0.25, 0.3) is 0 Å². The molecule has 1 aromatic heterocycles. The number of nitrogens with one attached hydrogen (secondary N) is 2. The topological polar surface area (TPSA) is 71.0 Å². The van der Waals surface area contributed by atoms with Gasteiger partial charge in [0.05, 0.1) is 32.9 Å². The third kappa shape index (κ3) is 6.40. The zero-order valence-corrected chi connectivity index (χ0v) is 17.6. The Morgan fingerprint density at radius 1 is 1.23 bits per heavy atom. The molecule has 1 unspecified atom stereocenters. The normalized spacial score (nSPS) is 16.2. The van der Waals surface area contributed by atoms with E-state index >= 15 is 0 Å². The van der Waals surface area contributed by atoms with Gasteiger partial charge in [-0.15, -0.1) is 0 Å². The Hall–Kier alpha value is -2.71. The Bertz CT molecular complexity index is 809. The minimum absolute atomic E-state index is 0.0966. The van der Waals surface area contributed by atoms with Crippen LogP contribution in [0.15, 0.2) is 47.6 Å². The van der Waals surface area contributed by atoms with Crippen molar-refractivity contribution in [3.63, 3.8) is 0 Å². The van der Waals surface area contributed by atoms with Gasteiger partial charge in [-0.1, -0.05) is 12.1 Å². The van der Waals surface area contributed by atoms with Crippen molar-refractivity contribution in [1.29, 1.82) is 0 Å². The number of rotatable bonds is 8. The Kier molecular flexibility index (Phi) is 8.41. The van der Waals surface area contributed by atoms with Gasteiger partial charge >= 0.3 is 0 Å². The van der Waals surface area contributed by atoms with Crippen LogP contribution >= 0.6 is 0 Å². The molecule has 3 rings (SSSR count). The molecule has 0 bridgehead atoms. The number of aromatic nitrogens is 1. The maximum absolute atomic E-state index is 13.4. The molecule has 1 saturated heterocycles. The maximum Gasteiger partial charge on any atom is 0.213 e. The van der Waals surface area contributed by atoms with Crippen molar-refractivity contribution in [2.45, 2.75) is 19.5 Å². The third-order valence-electron chi connectivity index (χ3n) is 4.98. The van der Waals surface area contributed by atoms with E-state index in [-0.39, 0.29) is 11.9 Å². The molecule has 2 heterocycles. The molecule has 30 heavy (non-hydrogen) atoms. The molecule has 2 aromatic rings. The SMILES string of the molecule is CCNC(=NCc1ccnc(OC)c1)NCC(c1ccc(F)cc1)N1CCOCC1. The van der Waals surface area contributed by atoms with Crippen LogP contribution in [0.2, 0.25) is 0 Å². The zero-order valence-electron chi connectivity index (χ0n) is 17.6. The summed E-state index contributed by atoms with van der Waals surface area (Å²) in [5.41, 5.74) is 2.09. The first-order valence-electron chi connectivity index (χ1n) is 10.3. The van der Waals surface area contributed by atoms with Crippen molar-refractivity contribution < 1.29 is 13.9 Å². The van der Waals surface area contributed by atoms with E-state index in [1.165, 1.54) is 12.1 Å². The molecule has 0 aliphatic carbocycles. The molecule has 1 aliphatic rings. The van der Waals surface area contributed by atoms with Gasteiger partial charge in [-0.2, -0.15) is 0 Å². The number of benzene rings is 1. The Morgan fingerprint density at radius 3 is 2.70 bits per heavy atom. The highest BCUT2D eigenvalue weighted by molar-refractivity contribution is 5.79. The average molecular weight is 416 g/mol. The van der Waals surface area contributed by atoms with Crippen molar-refractivity contribution in [2.75, 3.05) is 46.5 Å². The van der Waals surface area contributed by atoms with Gasteiger partial charge < -0.3 is 20.1 Å². The highest BCUT2D eigenvalue weighted by Crippen LogP contribution is 2.21. The molecular formula is C22H30FN5O2. The van der Waals surface area contributed by atoms with E-state index in [4.69, 9.17) is 14.5 Å².